The van der Waals surface area contributed by atoms with E-state index in [1.165, 1.54) is 18.3 Å². The summed E-state index contributed by atoms with van der Waals surface area (Å²) in [5.41, 5.74) is 2.46. The number of para-hydroxylation sites is 1. The smallest absolute Gasteiger partial charge is 0.271 e. The molecule has 3 aromatic carbocycles. The fourth-order valence-corrected chi connectivity index (χ4v) is 5.82. The second-order valence-electron chi connectivity index (χ2n) is 8.51. The number of hydrogen-bond donors (Lipinski definition) is 0. The minimum Gasteiger partial charge on any atom is -0.496 e. The average Bonchev–Trinajstić information content (AvgIpc) is 3.18. The molecule has 1 aliphatic heterocycles. The minimum atomic E-state index is -0.629. The Morgan fingerprint density at radius 1 is 1.08 bits per heavy atom. The molecule has 1 atom stereocenters. The first-order valence-corrected chi connectivity index (χ1v) is 12.6. The van der Waals surface area contributed by atoms with Crippen LogP contribution in [0.25, 0.3) is 16.8 Å². The molecule has 4 aromatic rings. The summed E-state index contributed by atoms with van der Waals surface area (Å²) in [6.45, 7) is 5.77. The number of carbonyl (C=O) groups is 1. The van der Waals surface area contributed by atoms with Crippen molar-refractivity contribution in [3.8, 4) is 11.5 Å². The van der Waals surface area contributed by atoms with Gasteiger partial charge in [0.2, 0.25) is 0 Å². The summed E-state index contributed by atoms with van der Waals surface area (Å²) in [5, 5.41) is 2.05. The standard InChI is InChI=1S/C29H26N2O4S/c1-5-35-24-15-14-19-10-6-7-11-20(19)22(24)16-25-28(33)31-27(21-12-8-9-13-23(21)34-4)26(18(3)32)17(2)30-29(31)36-25/h6-16,27H,5H2,1-4H3/b25-16+. The van der Waals surface area contributed by atoms with E-state index < -0.39 is 6.04 Å². The molecule has 0 fully saturated rings. The van der Waals surface area contributed by atoms with E-state index in [1.54, 1.807) is 11.7 Å². The number of fused-ring (bicyclic) bond motifs is 2. The third kappa shape index (κ3) is 3.95. The maximum atomic E-state index is 13.9. The number of carbonyl (C=O) groups excluding carboxylic acids is 1. The van der Waals surface area contributed by atoms with Gasteiger partial charge in [-0.25, -0.2) is 4.99 Å². The molecule has 1 aliphatic rings. The van der Waals surface area contributed by atoms with Crippen LogP contribution < -0.4 is 24.4 Å². The van der Waals surface area contributed by atoms with Crippen LogP contribution in [0.1, 0.15) is 37.9 Å². The Kier molecular flexibility index (Phi) is 6.33. The summed E-state index contributed by atoms with van der Waals surface area (Å²) in [7, 11) is 1.59. The molecule has 0 amide bonds. The van der Waals surface area contributed by atoms with Crippen molar-refractivity contribution in [2.45, 2.75) is 26.8 Å². The highest BCUT2D eigenvalue weighted by Gasteiger charge is 2.32. The van der Waals surface area contributed by atoms with Gasteiger partial charge in [-0.05, 0) is 49.8 Å². The number of benzene rings is 3. The van der Waals surface area contributed by atoms with Gasteiger partial charge in [-0.1, -0.05) is 59.9 Å². The number of rotatable bonds is 6. The third-order valence-electron chi connectivity index (χ3n) is 6.34. The first kappa shape index (κ1) is 23.8. The largest absolute Gasteiger partial charge is 0.496 e. The monoisotopic (exact) mass is 498 g/mol. The van der Waals surface area contributed by atoms with Crippen LogP contribution in [0, 0.1) is 0 Å². The topological polar surface area (TPSA) is 69.9 Å². The normalized spacial score (nSPS) is 15.6. The fraction of sp³-hybridized carbons (Fsp3) is 0.207. The van der Waals surface area contributed by atoms with E-state index in [0.717, 1.165) is 21.9 Å². The molecule has 2 heterocycles. The SMILES string of the molecule is CCOc1ccc2ccccc2c1/C=c1/sc2n(c1=O)C(c1ccccc1OC)C(C(C)=O)=C(C)N=2. The highest BCUT2D eigenvalue weighted by molar-refractivity contribution is 7.07. The number of ether oxygens (including phenoxy) is 2. The number of aromatic nitrogens is 1. The van der Waals surface area contributed by atoms with Crippen molar-refractivity contribution < 1.29 is 14.3 Å². The highest BCUT2D eigenvalue weighted by atomic mass is 32.1. The molecule has 6 nitrogen and oxygen atoms in total. The fourth-order valence-electron chi connectivity index (χ4n) is 4.79. The summed E-state index contributed by atoms with van der Waals surface area (Å²) in [5.74, 6) is 1.19. The quantitative estimate of drug-likeness (QED) is 0.396. The maximum absolute atomic E-state index is 13.9. The predicted octanol–water partition coefficient (Wildman–Crippen LogP) is 4.38. The lowest BCUT2D eigenvalue weighted by atomic mass is 9.93. The van der Waals surface area contributed by atoms with Crippen molar-refractivity contribution in [1.82, 2.24) is 4.57 Å². The number of methoxy groups -OCH3 is 1. The number of thiazole rings is 1. The molecule has 0 radical (unpaired) electrons. The van der Waals surface area contributed by atoms with Crippen LogP contribution in [0.5, 0.6) is 11.5 Å². The number of Topliss-reactive ketones (excluding diaryl/α,β-unsaturated/α-hetero) is 1. The third-order valence-corrected chi connectivity index (χ3v) is 7.32. The second kappa shape index (κ2) is 9.59. The van der Waals surface area contributed by atoms with E-state index >= 15 is 0 Å². The number of hydrogen-bond acceptors (Lipinski definition) is 6. The zero-order valence-electron chi connectivity index (χ0n) is 20.6. The van der Waals surface area contributed by atoms with Gasteiger partial charge in [0.1, 0.15) is 11.5 Å². The van der Waals surface area contributed by atoms with Crippen molar-refractivity contribution in [1.29, 1.82) is 0 Å². The van der Waals surface area contributed by atoms with E-state index in [1.807, 2.05) is 80.6 Å². The molecule has 5 rings (SSSR count). The minimum absolute atomic E-state index is 0.130. The molecule has 182 valence electrons. The molecule has 1 aromatic heterocycles. The van der Waals surface area contributed by atoms with Crippen LogP contribution in [0.15, 0.2) is 81.7 Å². The predicted molar refractivity (Wildman–Crippen MR) is 143 cm³/mol. The summed E-state index contributed by atoms with van der Waals surface area (Å²) in [6.07, 6.45) is 1.88. The first-order chi connectivity index (χ1) is 17.4. The zero-order chi connectivity index (χ0) is 25.4. The van der Waals surface area contributed by atoms with Crippen LogP contribution in [0.4, 0.5) is 0 Å². The van der Waals surface area contributed by atoms with E-state index in [9.17, 15) is 9.59 Å². The Morgan fingerprint density at radius 2 is 1.83 bits per heavy atom. The Balaban J connectivity index is 1.82. The van der Waals surface area contributed by atoms with E-state index in [2.05, 4.69) is 4.99 Å². The second-order valence-corrected chi connectivity index (χ2v) is 9.52. The molecule has 0 aliphatic carbocycles. The first-order valence-electron chi connectivity index (χ1n) is 11.8. The van der Waals surface area contributed by atoms with Crippen LogP contribution in [-0.2, 0) is 4.79 Å². The lowest BCUT2D eigenvalue weighted by molar-refractivity contribution is -0.114. The van der Waals surface area contributed by atoms with Gasteiger partial charge in [0.15, 0.2) is 10.6 Å². The van der Waals surface area contributed by atoms with Crippen molar-refractivity contribution in [3.63, 3.8) is 0 Å². The van der Waals surface area contributed by atoms with Crippen molar-refractivity contribution in [2.75, 3.05) is 13.7 Å². The molecule has 7 heteroatoms. The Labute approximate surface area is 212 Å². The Bertz CT molecular complexity index is 1710. The number of allylic oxidation sites excluding steroid dienone is 2. The molecule has 0 saturated carbocycles. The lowest BCUT2D eigenvalue weighted by Crippen LogP contribution is -2.39. The molecule has 36 heavy (non-hydrogen) atoms. The Hall–Kier alpha value is -3.97. The van der Waals surface area contributed by atoms with E-state index in [0.29, 0.717) is 38.7 Å². The van der Waals surface area contributed by atoms with Gasteiger partial charge >= 0.3 is 0 Å². The molecule has 0 spiro atoms. The van der Waals surface area contributed by atoms with Crippen molar-refractivity contribution in [2.24, 2.45) is 4.99 Å². The van der Waals surface area contributed by atoms with Crippen LogP contribution in [-0.4, -0.2) is 24.1 Å². The van der Waals surface area contributed by atoms with Crippen LogP contribution >= 0.6 is 11.3 Å². The molecule has 1 unspecified atom stereocenters. The molecule has 0 saturated heterocycles. The molecule has 0 N–H and O–H groups in total. The van der Waals surface area contributed by atoms with Crippen LogP contribution in [0.2, 0.25) is 0 Å². The summed E-state index contributed by atoms with van der Waals surface area (Å²) in [4.78, 5) is 31.9. The summed E-state index contributed by atoms with van der Waals surface area (Å²) in [6, 6.07) is 18.8. The van der Waals surface area contributed by atoms with Gasteiger partial charge < -0.3 is 9.47 Å². The molecular formula is C29H26N2O4S. The van der Waals surface area contributed by atoms with Gasteiger partial charge in [-0.3, -0.25) is 14.2 Å². The molecule has 0 bridgehead atoms. The van der Waals surface area contributed by atoms with Gasteiger partial charge in [0.05, 0.1) is 24.3 Å². The van der Waals surface area contributed by atoms with Crippen molar-refractivity contribution >= 4 is 34.0 Å². The van der Waals surface area contributed by atoms with E-state index in [4.69, 9.17) is 9.47 Å². The zero-order valence-corrected chi connectivity index (χ0v) is 21.4. The van der Waals surface area contributed by atoms with Gasteiger partial charge in [-0.2, -0.15) is 0 Å². The van der Waals surface area contributed by atoms with E-state index in [-0.39, 0.29) is 11.3 Å². The number of nitrogens with zero attached hydrogens (tertiary/aromatic N) is 2. The van der Waals surface area contributed by atoms with Gasteiger partial charge in [-0.15, -0.1) is 0 Å². The maximum Gasteiger partial charge on any atom is 0.271 e. The van der Waals surface area contributed by atoms with Gasteiger partial charge in [0, 0.05) is 22.4 Å². The number of ketones is 1. The summed E-state index contributed by atoms with van der Waals surface area (Å²) < 4.78 is 13.7. The van der Waals surface area contributed by atoms with Crippen LogP contribution in [0.3, 0.4) is 0 Å². The summed E-state index contributed by atoms with van der Waals surface area (Å²) >= 11 is 1.31. The van der Waals surface area contributed by atoms with Crippen molar-refractivity contribution in [3.05, 3.63) is 103 Å². The Morgan fingerprint density at radius 3 is 2.58 bits per heavy atom. The lowest BCUT2D eigenvalue weighted by Gasteiger charge is -2.25. The average molecular weight is 499 g/mol. The highest BCUT2D eigenvalue weighted by Crippen LogP contribution is 2.35. The van der Waals surface area contributed by atoms with Gasteiger partial charge in [0.25, 0.3) is 5.56 Å². The molecular weight excluding hydrogens is 472 g/mol.